The van der Waals surface area contributed by atoms with Crippen molar-refractivity contribution in [2.45, 2.75) is 30.7 Å². The molecule has 2 N–H and O–H groups in total. The molecular weight excluding hydrogens is 270 g/mol. The zero-order valence-electron chi connectivity index (χ0n) is 12.4. The SMILES string of the molecule is COCCCNCC(C)Sc1nc2ccc(C)cc2[nH]1. The molecule has 20 heavy (non-hydrogen) atoms. The maximum absolute atomic E-state index is 5.03. The lowest BCUT2D eigenvalue weighted by molar-refractivity contribution is 0.194. The number of thioether (sulfide) groups is 1. The molecule has 4 nitrogen and oxygen atoms in total. The molecule has 110 valence electrons. The van der Waals surface area contributed by atoms with Crippen LogP contribution in [0.15, 0.2) is 23.4 Å². The first-order valence-electron chi connectivity index (χ1n) is 7.01. The summed E-state index contributed by atoms with van der Waals surface area (Å²) >= 11 is 1.78. The molecule has 0 spiro atoms. The number of hydrogen-bond donors (Lipinski definition) is 2. The normalized spacial score (nSPS) is 12.9. The minimum absolute atomic E-state index is 0.485. The van der Waals surface area contributed by atoms with E-state index < -0.39 is 0 Å². The standard InChI is InChI=1S/C15H23N3OS/c1-11-5-6-13-14(9-11)18-15(17-13)20-12(2)10-16-7-4-8-19-3/h5-6,9,12,16H,4,7-8,10H2,1-3H3,(H,17,18). The maximum Gasteiger partial charge on any atom is 0.166 e. The molecule has 1 heterocycles. The number of aryl methyl sites for hydroxylation is 1. The Hall–Kier alpha value is -1.04. The predicted octanol–water partition coefficient (Wildman–Crippen LogP) is 2.98. The van der Waals surface area contributed by atoms with Crippen LogP contribution in [0.1, 0.15) is 18.9 Å². The molecule has 0 radical (unpaired) electrons. The second-order valence-corrected chi connectivity index (χ2v) is 6.47. The number of H-pyrrole nitrogens is 1. The van der Waals surface area contributed by atoms with Crippen LogP contribution in [0.2, 0.25) is 0 Å². The van der Waals surface area contributed by atoms with Crippen LogP contribution in [0.25, 0.3) is 11.0 Å². The Morgan fingerprint density at radius 1 is 1.45 bits per heavy atom. The molecule has 0 fully saturated rings. The fourth-order valence-corrected chi connectivity index (χ4v) is 2.94. The summed E-state index contributed by atoms with van der Waals surface area (Å²) < 4.78 is 5.03. The lowest BCUT2D eigenvalue weighted by Gasteiger charge is -2.10. The van der Waals surface area contributed by atoms with Crippen LogP contribution >= 0.6 is 11.8 Å². The number of imidazole rings is 1. The monoisotopic (exact) mass is 293 g/mol. The largest absolute Gasteiger partial charge is 0.385 e. The number of benzene rings is 1. The Labute approximate surface area is 124 Å². The number of aromatic amines is 1. The number of rotatable bonds is 8. The molecular formula is C15H23N3OS. The van der Waals surface area contributed by atoms with E-state index in [0.29, 0.717) is 5.25 Å². The number of nitrogens with one attached hydrogen (secondary N) is 2. The van der Waals surface area contributed by atoms with Crippen molar-refractivity contribution >= 4 is 22.8 Å². The molecule has 0 bridgehead atoms. The van der Waals surface area contributed by atoms with Gasteiger partial charge in [0.15, 0.2) is 5.16 Å². The number of hydrogen-bond acceptors (Lipinski definition) is 4. The topological polar surface area (TPSA) is 49.9 Å². The smallest absolute Gasteiger partial charge is 0.166 e. The molecule has 2 aromatic rings. The summed E-state index contributed by atoms with van der Waals surface area (Å²) in [5, 5.41) is 4.92. The minimum atomic E-state index is 0.485. The third kappa shape index (κ3) is 4.51. The first-order chi connectivity index (χ1) is 9.69. The number of ether oxygens (including phenoxy) is 1. The highest BCUT2D eigenvalue weighted by Gasteiger charge is 2.08. The Balaban J connectivity index is 1.81. The third-order valence-electron chi connectivity index (χ3n) is 3.06. The average Bonchev–Trinajstić information content (AvgIpc) is 2.79. The molecule has 0 aliphatic carbocycles. The van der Waals surface area contributed by atoms with Crippen LogP contribution < -0.4 is 5.32 Å². The van der Waals surface area contributed by atoms with Gasteiger partial charge in [-0.2, -0.15) is 0 Å². The summed E-state index contributed by atoms with van der Waals surface area (Å²) in [6.07, 6.45) is 1.05. The van der Waals surface area contributed by atoms with Gasteiger partial charge in [-0.15, -0.1) is 0 Å². The molecule has 1 aromatic carbocycles. The van der Waals surface area contributed by atoms with Gasteiger partial charge in [-0.3, -0.25) is 0 Å². The van der Waals surface area contributed by atoms with Crippen LogP contribution in [0.4, 0.5) is 0 Å². The molecule has 0 saturated heterocycles. The highest BCUT2D eigenvalue weighted by atomic mass is 32.2. The van der Waals surface area contributed by atoms with Crippen molar-refractivity contribution in [3.63, 3.8) is 0 Å². The van der Waals surface area contributed by atoms with E-state index in [9.17, 15) is 0 Å². The van der Waals surface area contributed by atoms with Crippen LogP contribution in [-0.4, -0.2) is 42.0 Å². The van der Waals surface area contributed by atoms with Crippen molar-refractivity contribution in [2.24, 2.45) is 0 Å². The zero-order valence-corrected chi connectivity index (χ0v) is 13.2. The summed E-state index contributed by atoms with van der Waals surface area (Å²) in [4.78, 5) is 7.99. The van der Waals surface area contributed by atoms with Gasteiger partial charge in [-0.1, -0.05) is 24.8 Å². The summed E-state index contributed by atoms with van der Waals surface area (Å²) in [7, 11) is 1.74. The third-order valence-corrected chi connectivity index (χ3v) is 4.05. The number of nitrogens with zero attached hydrogens (tertiary/aromatic N) is 1. The number of fused-ring (bicyclic) bond motifs is 1. The Morgan fingerprint density at radius 3 is 3.10 bits per heavy atom. The van der Waals surface area contributed by atoms with E-state index in [-0.39, 0.29) is 0 Å². The van der Waals surface area contributed by atoms with Crippen molar-refractivity contribution in [1.82, 2.24) is 15.3 Å². The van der Waals surface area contributed by atoms with Gasteiger partial charge in [0, 0.05) is 25.5 Å². The van der Waals surface area contributed by atoms with Gasteiger partial charge in [-0.05, 0) is 37.6 Å². The molecule has 0 amide bonds. The number of methoxy groups -OCH3 is 1. The molecule has 2 rings (SSSR count). The Bertz CT molecular complexity index is 541. The molecule has 1 aromatic heterocycles. The molecule has 0 saturated carbocycles. The minimum Gasteiger partial charge on any atom is -0.385 e. The second kappa shape index (κ2) is 7.67. The highest BCUT2D eigenvalue weighted by Crippen LogP contribution is 2.23. The van der Waals surface area contributed by atoms with Crippen LogP contribution in [0, 0.1) is 6.92 Å². The lowest BCUT2D eigenvalue weighted by atomic mass is 10.2. The molecule has 1 unspecified atom stereocenters. The molecule has 0 aliphatic rings. The molecule has 0 aliphatic heterocycles. The van der Waals surface area contributed by atoms with E-state index in [4.69, 9.17) is 4.74 Å². The van der Waals surface area contributed by atoms with Crippen molar-refractivity contribution < 1.29 is 4.74 Å². The summed E-state index contributed by atoms with van der Waals surface area (Å²) in [6, 6.07) is 6.30. The van der Waals surface area contributed by atoms with Crippen molar-refractivity contribution in [3.05, 3.63) is 23.8 Å². The summed E-state index contributed by atoms with van der Waals surface area (Å²) in [6.45, 7) is 7.10. The van der Waals surface area contributed by atoms with Crippen molar-refractivity contribution in [3.8, 4) is 0 Å². The highest BCUT2D eigenvalue weighted by molar-refractivity contribution is 7.99. The lowest BCUT2D eigenvalue weighted by Crippen LogP contribution is -2.24. The van der Waals surface area contributed by atoms with E-state index in [1.54, 1.807) is 18.9 Å². The summed E-state index contributed by atoms with van der Waals surface area (Å²) in [5.41, 5.74) is 3.41. The van der Waals surface area contributed by atoms with Gasteiger partial charge >= 0.3 is 0 Å². The quantitative estimate of drug-likeness (QED) is 0.580. The van der Waals surface area contributed by atoms with E-state index in [1.165, 1.54) is 5.56 Å². The predicted molar refractivity (Wildman–Crippen MR) is 85.5 cm³/mol. The van der Waals surface area contributed by atoms with E-state index >= 15 is 0 Å². The van der Waals surface area contributed by atoms with Gasteiger partial charge in [0.05, 0.1) is 11.0 Å². The van der Waals surface area contributed by atoms with Crippen LogP contribution in [-0.2, 0) is 4.74 Å². The van der Waals surface area contributed by atoms with E-state index in [0.717, 1.165) is 42.3 Å². The number of aromatic nitrogens is 2. The molecule has 5 heteroatoms. The van der Waals surface area contributed by atoms with Crippen LogP contribution in [0.3, 0.4) is 0 Å². The van der Waals surface area contributed by atoms with Crippen molar-refractivity contribution in [1.29, 1.82) is 0 Å². The van der Waals surface area contributed by atoms with Gasteiger partial charge in [0.1, 0.15) is 0 Å². The maximum atomic E-state index is 5.03. The van der Waals surface area contributed by atoms with E-state index in [2.05, 4.69) is 47.3 Å². The Kier molecular flexibility index (Phi) is 5.88. The van der Waals surface area contributed by atoms with Gasteiger partial charge in [0.2, 0.25) is 0 Å². The Morgan fingerprint density at radius 2 is 2.30 bits per heavy atom. The van der Waals surface area contributed by atoms with E-state index in [1.807, 2.05) is 0 Å². The fraction of sp³-hybridized carbons (Fsp3) is 0.533. The fourth-order valence-electron chi connectivity index (χ4n) is 2.03. The summed E-state index contributed by atoms with van der Waals surface area (Å²) in [5.74, 6) is 0. The first kappa shape index (κ1) is 15.4. The van der Waals surface area contributed by atoms with Gasteiger partial charge in [-0.25, -0.2) is 4.98 Å². The first-order valence-corrected chi connectivity index (χ1v) is 7.89. The van der Waals surface area contributed by atoms with Crippen molar-refractivity contribution in [2.75, 3.05) is 26.8 Å². The van der Waals surface area contributed by atoms with Gasteiger partial charge < -0.3 is 15.0 Å². The second-order valence-electron chi connectivity index (χ2n) is 5.04. The van der Waals surface area contributed by atoms with Crippen LogP contribution in [0.5, 0.6) is 0 Å². The zero-order chi connectivity index (χ0) is 14.4. The average molecular weight is 293 g/mol. The molecule has 1 atom stereocenters. The van der Waals surface area contributed by atoms with Gasteiger partial charge in [0.25, 0.3) is 0 Å².